The van der Waals surface area contributed by atoms with Crippen molar-refractivity contribution < 1.29 is 9.18 Å². The van der Waals surface area contributed by atoms with Crippen LogP contribution in [0.25, 0.3) is 0 Å². The zero-order chi connectivity index (χ0) is 18.1. The number of halogens is 2. The Kier molecular flexibility index (Phi) is 4.98. The second-order valence-electron chi connectivity index (χ2n) is 7.48. The van der Waals surface area contributed by atoms with Crippen LogP contribution in [0.3, 0.4) is 0 Å². The highest BCUT2D eigenvalue weighted by Gasteiger charge is 2.29. The second-order valence-corrected chi connectivity index (χ2v) is 7.92. The first kappa shape index (κ1) is 17.5. The van der Waals surface area contributed by atoms with E-state index in [-0.39, 0.29) is 16.8 Å². The van der Waals surface area contributed by atoms with E-state index in [1.165, 1.54) is 37.5 Å². The van der Waals surface area contributed by atoms with Crippen LogP contribution in [0.5, 0.6) is 0 Å². The maximum atomic E-state index is 13.6. The molecule has 138 valence electrons. The molecule has 26 heavy (non-hydrogen) atoms. The first-order chi connectivity index (χ1) is 12.6. The Morgan fingerprint density at radius 2 is 2.08 bits per heavy atom. The number of nitrogens with zero attached hydrogens (tertiary/aromatic N) is 3. The number of likely N-dealkylation sites (tertiary alicyclic amines) is 1. The summed E-state index contributed by atoms with van der Waals surface area (Å²) in [7, 11) is 0. The van der Waals surface area contributed by atoms with Crippen LogP contribution in [-0.4, -0.2) is 33.4 Å². The lowest BCUT2D eigenvalue weighted by atomic mass is 9.85. The summed E-state index contributed by atoms with van der Waals surface area (Å²) in [4.78, 5) is 19.2. The van der Waals surface area contributed by atoms with Gasteiger partial charge in [0, 0.05) is 48.5 Å². The number of hydrogen-bond donors (Lipinski definition) is 0. The van der Waals surface area contributed by atoms with Gasteiger partial charge in [-0.15, -0.1) is 0 Å². The number of carbonyl (C=O) groups excluding carboxylic acids is 1. The summed E-state index contributed by atoms with van der Waals surface area (Å²) >= 11 is 5.91. The van der Waals surface area contributed by atoms with Crippen molar-refractivity contribution in [2.24, 2.45) is 5.92 Å². The minimum Gasteiger partial charge on any atom is -0.338 e. The number of piperidine rings is 1. The molecule has 0 radical (unpaired) electrons. The van der Waals surface area contributed by atoms with Gasteiger partial charge in [0.25, 0.3) is 5.91 Å². The smallest absolute Gasteiger partial charge is 0.254 e. The predicted octanol–water partition coefficient (Wildman–Crippen LogP) is 4.50. The number of imidazole rings is 1. The van der Waals surface area contributed by atoms with E-state index < -0.39 is 5.82 Å². The fourth-order valence-corrected chi connectivity index (χ4v) is 4.24. The molecule has 0 N–H and O–H groups in total. The van der Waals surface area contributed by atoms with E-state index in [9.17, 15) is 9.18 Å². The van der Waals surface area contributed by atoms with Gasteiger partial charge < -0.3 is 9.47 Å². The number of hydrogen-bond acceptors (Lipinski definition) is 2. The van der Waals surface area contributed by atoms with E-state index in [0.717, 1.165) is 31.1 Å². The average molecular weight is 376 g/mol. The van der Waals surface area contributed by atoms with Crippen LogP contribution in [-0.2, 0) is 6.54 Å². The largest absolute Gasteiger partial charge is 0.338 e. The number of carbonyl (C=O) groups is 1. The van der Waals surface area contributed by atoms with E-state index in [1.54, 1.807) is 0 Å². The van der Waals surface area contributed by atoms with Gasteiger partial charge in [-0.3, -0.25) is 4.79 Å². The van der Waals surface area contributed by atoms with Gasteiger partial charge in [0.2, 0.25) is 0 Å². The summed E-state index contributed by atoms with van der Waals surface area (Å²) in [5, 5.41) is 0.248. The van der Waals surface area contributed by atoms with Gasteiger partial charge >= 0.3 is 0 Å². The SMILES string of the molecule is O=C(c1cc(F)cc(Cl)c1)N1CCC[C@@H](c2nccn2CC2CCC2)C1. The molecule has 1 saturated heterocycles. The Bertz CT molecular complexity index is 782. The van der Waals surface area contributed by atoms with Crippen LogP contribution in [0.2, 0.25) is 5.02 Å². The normalized spacial score (nSPS) is 20.8. The molecule has 2 aliphatic rings. The second kappa shape index (κ2) is 7.39. The fourth-order valence-electron chi connectivity index (χ4n) is 4.02. The standard InChI is InChI=1S/C20H23ClFN3O/c21-17-9-16(10-18(22)11-17)20(26)25-7-2-5-15(13-25)19-23-6-8-24(19)12-14-3-1-4-14/h6,8-11,14-15H,1-5,7,12-13H2/t15-/m1/s1. The van der Waals surface area contributed by atoms with E-state index in [4.69, 9.17) is 11.6 Å². The lowest BCUT2D eigenvalue weighted by molar-refractivity contribution is 0.0702. The molecule has 0 spiro atoms. The highest BCUT2D eigenvalue weighted by atomic mass is 35.5. The summed E-state index contributed by atoms with van der Waals surface area (Å²) < 4.78 is 15.9. The Hall–Kier alpha value is -1.88. The van der Waals surface area contributed by atoms with Gasteiger partial charge in [0.1, 0.15) is 11.6 Å². The summed E-state index contributed by atoms with van der Waals surface area (Å²) in [6, 6.07) is 4.01. The quantitative estimate of drug-likeness (QED) is 0.789. The fraction of sp³-hybridized carbons (Fsp3) is 0.500. The summed E-state index contributed by atoms with van der Waals surface area (Å²) in [6.07, 6.45) is 9.80. The van der Waals surface area contributed by atoms with Gasteiger partial charge in [0.05, 0.1) is 0 Å². The van der Waals surface area contributed by atoms with Crippen LogP contribution < -0.4 is 0 Å². The highest BCUT2D eigenvalue weighted by Crippen LogP contribution is 2.31. The van der Waals surface area contributed by atoms with Crippen molar-refractivity contribution in [2.45, 2.75) is 44.6 Å². The lowest BCUT2D eigenvalue weighted by Gasteiger charge is -2.34. The Labute approximate surface area is 158 Å². The Balaban J connectivity index is 1.49. The average Bonchev–Trinajstić information content (AvgIpc) is 3.05. The molecule has 1 amide bonds. The molecule has 2 fully saturated rings. The zero-order valence-corrected chi connectivity index (χ0v) is 15.5. The van der Waals surface area contributed by atoms with Crippen molar-refractivity contribution in [1.29, 1.82) is 0 Å². The molecule has 0 bridgehead atoms. The molecular formula is C20H23ClFN3O. The molecule has 1 aromatic carbocycles. The first-order valence-corrected chi connectivity index (χ1v) is 9.74. The van der Waals surface area contributed by atoms with E-state index in [0.29, 0.717) is 18.7 Å². The number of aromatic nitrogens is 2. The van der Waals surface area contributed by atoms with E-state index >= 15 is 0 Å². The van der Waals surface area contributed by atoms with Crippen molar-refractivity contribution in [3.05, 3.63) is 52.8 Å². The third-order valence-electron chi connectivity index (χ3n) is 5.61. The van der Waals surface area contributed by atoms with Crippen molar-refractivity contribution in [1.82, 2.24) is 14.5 Å². The molecule has 1 atom stereocenters. The number of rotatable bonds is 4. The van der Waals surface area contributed by atoms with Crippen LogP contribution in [0.15, 0.2) is 30.6 Å². The minimum absolute atomic E-state index is 0.159. The Morgan fingerprint density at radius 3 is 2.81 bits per heavy atom. The molecular weight excluding hydrogens is 353 g/mol. The monoisotopic (exact) mass is 375 g/mol. The predicted molar refractivity (Wildman–Crippen MR) is 98.9 cm³/mol. The molecule has 1 aromatic heterocycles. The zero-order valence-electron chi connectivity index (χ0n) is 14.7. The molecule has 4 nitrogen and oxygen atoms in total. The summed E-state index contributed by atoms with van der Waals surface area (Å²) in [6.45, 7) is 2.33. The Morgan fingerprint density at radius 1 is 1.23 bits per heavy atom. The summed E-state index contributed by atoms with van der Waals surface area (Å²) in [5.41, 5.74) is 0.313. The third kappa shape index (κ3) is 3.63. The topological polar surface area (TPSA) is 38.1 Å². The number of benzene rings is 1. The lowest BCUT2D eigenvalue weighted by Crippen LogP contribution is -2.40. The van der Waals surface area contributed by atoms with Crippen LogP contribution in [0.4, 0.5) is 4.39 Å². The van der Waals surface area contributed by atoms with Gasteiger partial charge in [-0.05, 0) is 49.8 Å². The molecule has 2 heterocycles. The molecule has 2 aromatic rings. The van der Waals surface area contributed by atoms with Crippen molar-refractivity contribution in [3.63, 3.8) is 0 Å². The van der Waals surface area contributed by atoms with E-state index in [1.807, 2.05) is 11.1 Å². The maximum Gasteiger partial charge on any atom is 0.254 e. The first-order valence-electron chi connectivity index (χ1n) is 9.36. The van der Waals surface area contributed by atoms with Gasteiger partial charge in [-0.1, -0.05) is 18.0 Å². The van der Waals surface area contributed by atoms with Gasteiger partial charge in [0.15, 0.2) is 0 Å². The van der Waals surface area contributed by atoms with Crippen LogP contribution >= 0.6 is 11.6 Å². The number of amides is 1. The molecule has 1 saturated carbocycles. The molecule has 0 unspecified atom stereocenters. The maximum absolute atomic E-state index is 13.6. The van der Waals surface area contributed by atoms with Gasteiger partial charge in [-0.2, -0.15) is 0 Å². The van der Waals surface area contributed by atoms with Crippen molar-refractivity contribution in [3.8, 4) is 0 Å². The van der Waals surface area contributed by atoms with Gasteiger partial charge in [-0.25, -0.2) is 9.37 Å². The van der Waals surface area contributed by atoms with Crippen LogP contribution in [0, 0.1) is 11.7 Å². The molecule has 4 rings (SSSR count). The molecule has 6 heteroatoms. The van der Waals surface area contributed by atoms with Crippen LogP contribution in [0.1, 0.15) is 54.2 Å². The summed E-state index contributed by atoms with van der Waals surface area (Å²) in [5.74, 6) is 1.43. The highest BCUT2D eigenvalue weighted by molar-refractivity contribution is 6.31. The molecule has 1 aliphatic heterocycles. The minimum atomic E-state index is -0.481. The third-order valence-corrected chi connectivity index (χ3v) is 5.83. The van der Waals surface area contributed by atoms with Crippen molar-refractivity contribution in [2.75, 3.05) is 13.1 Å². The van der Waals surface area contributed by atoms with E-state index in [2.05, 4.69) is 15.7 Å². The van der Waals surface area contributed by atoms with Crippen molar-refractivity contribution >= 4 is 17.5 Å². The molecule has 1 aliphatic carbocycles.